The minimum absolute atomic E-state index is 0.445. The van der Waals surface area contributed by atoms with Gasteiger partial charge in [-0.15, -0.1) is 0 Å². The van der Waals surface area contributed by atoms with Crippen molar-refractivity contribution in [2.45, 2.75) is 29.1 Å². The van der Waals surface area contributed by atoms with E-state index in [1.807, 2.05) is 42.5 Å². The van der Waals surface area contributed by atoms with Crippen LogP contribution in [0.5, 0.6) is 0 Å². The molecule has 1 saturated carbocycles. The number of nitrogens with one attached hydrogen (secondary N) is 2. The van der Waals surface area contributed by atoms with Crippen LogP contribution in [0.1, 0.15) is 24.5 Å². The van der Waals surface area contributed by atoms with E-state index in [1.165, 1.54) is 30.3 Å². The largest absolute Gasteiger partial charge is 0.383 e. The lowest BCUT2D eigenvalue weighted by molar-refractivity contribution is 0.967. The lowest BCUT2D eigenvalue weighted by atomic mass is 10.1. The number of H-pyrrole nitrogens is 2. The fourth-order valence-corrected chi connectivity index (χ4v) is 4.36. The number of aromatic amines is 2. The molecule has 0 atom stereocenters. The molecule has 1 fully saturated rings. The average Bonchev–Trinajstić information content (AvgIpc) is 3.31. The van der Waals surface area contributed by atoms with Gasteiger partial charge in [0.2, 0.25) is 0 Å². The number of aromatic nitrogens is 6. The summed E-state index contributed by atoms with van der Waals surface area (Å²) in [4.78, 5) is 17.1. The van der Waals surface area contributed by atoms with Gasteiger partial charge in [0.15, 0.2) is 10.3 Å². The Morgan fingerprint density at radius 3 is 2.69 bits per heavy atom. The van der Waals surface area contributed by atoms with Crippen LogP contribution in [0.4, 0.5) is 5.82 Å². The second-order valence-electron chi connectivity index (χ2n) is 7.24. The lowest BCUT2D eigenvalue weighted by Crippen LogP contribution is -1.98. The van der Waals surface area contributed by atoms with Crippen molar-refractivity contribution in [1.82, 2.24) is 30.1 Å². The van der Waals surface area contributed by atoms with Gasteiger partial charge in [-0.1, -0.05) is 24.3 Å². The Bertz CT molecular complexity index is 1330. The number of nitrogens with two attached hydrogens (primary N) is 1. The molecule has 0 amide bonds. The van der Waals surface area contributed by atoms with Gasteiger partial charge in [0, 0.05) is 17.2 Å². The van der Waals surface area contributed by atoms with Crippen LogP contribution >= 0.6 is 11.8 Å². The maximum atomic E-state index is 6.37. The first-order valence-corrected chi connectivity index (χ1v) is 10.3. The number of benzene rings is 2. The van der Waals surface area contributed by atoms with Crippen LogP contribution in [-0.2, 0) is 0 Å². The Balaban J connectivity index is 1.40. The molecule has 3 heterocycles. The summed E-state index contributed by atoms with van der Waals surface area (Å²) in [5.41, 5.74) is 12.1. The molecule has 7 nitrogen and oxygen atoms in total. The zero-order chi connectivity index (χ0) is 19.4. The summed E-state index contributed by atoms with van der Waals surface area (Å²) in [6, 6.07) is 16.0. The average molecular weight is 399 g/mol. The first kappa shape index (κ1) is 16.6. The molecule has 0 aliphatic heterocycles. The van der Waals surface area contributed by atoms with E-state index >= 15 is 0 Å². The topological polar surface area (TPSA) is 109 Å². The van der Waals surface area contributed by atoms with Gasteiger partial charge in [-0.25, -0.2) is 15.0 Å². The molecule has 0 bridgehead atoms. The smallest absolute Gasteiger partial charge is 0.197 e. The van der Waals surface area contributed by atoms with Gasteiger partial charge in [-0.2, -0.15) is 5.10 Å². The SMILES string of the molecule is Nc1nc(Sc2nc3ccccc3[nH]2)nc2cccc(-c3cc(C4CC4)[nH]n3)c12. The molecule has 0 radical (unpaired) electrons. The summed E-state index contributed by atoms with van der Waals surface area (Å²) in [6.07, 6.45) is 2.45. The summed E-state index contributed by atoms with van der Waals surface area (Å²) < 4.78 is 0. The van der Waals surface area contributed by atoms with Crippen molar-refractivity contribution in [2.75, 3.05) is 5.73 Å². The first-order chi connectivity index (χ1) is 14.2. The normalized spacial score (nSPS) is 14.1. The van der Waals surface area contributed by atoms with Gasteiger partial charge < -0.3 is 10.7 Å². The molecule has 0 spiro atoms. The number of hydrogen-bond acceptors (Lipinski definition) is 6. The third-order valence-corrected chi connectivity index (χ3v) is 5.93. The Morgan fingerprint density at radius 2 is 1.83 bits per heavy atom. The first-order valence-electron chi connectivity index (χ1n) is 9.49. The maximum Gasteiger partial charge on any atom is 0.197 e. The highest BCUT2D eigenvalue weighted by molar-refractivity contribution is 7.99. The number of fused-ring (bicyclic) bond motifs is 2. The second kappa shape index (κ2) is 6.31. The predicted molar refractivity (Wildman–Crippen MR) is 114 cm³/mol. The van der Waals surface area contributed by atoms with E-state index in [1.54, 1.807) is 0 Å². The van der Waals surface area contributed by atoms with Crippen LogP contribution in [0, 0.1) is 0 Å². The molecule has 1 aliphatic rings. The van der Waals surface area contributed by atoms with Gasteiger partial charge in [0.05, 0.1) is 27.6 Å². The molecule has 5 aromatic rings. The molecule has 0 unspecified atom stereocenters. The maximum absolute atomic E-state index is 6.37. The van der Waals surface area contributed by atoms with Gasteiger partial charge in [0.25, 0.3) is 0 Å². The van der Waals surface area contributed by atoms with Crippen molar-refractivity contribution in [3.8, 4) is 11.3 Å². The molecular formula is C21H17N7S. The Labute approximate surface area is 170 Å². The fourth-order valence-electron chi connectivity index (χ4n) is 3.59. The van der Waals surface area contributed by atoms with Crippen molar-refractivity contribution < 1.29 is 0 Å². The monoisotopic (exact) mass is 399 g/mol. The highest BCUT2D eigenvalue weighted by Gasteiger charge is 2.26. The lowest BCUT2D eigenvalue weighted by Gasteiger charge is -2.07. The predicted octanol–water partition coefficient (Wildman–Crippen LogP) is 4.51. The zero-order valence-electron chi connectivity index (χ0n) is 15.4. The van der Waals surface area contributed by atoms with Crippen molar-refractivity contribution in [3.63, 3.8) is 0 Å². The second-order valence-corrected chi connectivity index (χ2v) is 8.19. The van der Waals surface area contributed by atoms with Gasteiger partial charge in [-0.3, -0.25) is 5.10 Å². The van der Waals surface area contributed by atoms with Crippen LogP contribution < -0.4 is 5.73 Å². The summed E-state index contributed by atoms with van der Waals surface area (Å²) in [5, 5.41) is 9.79. The van der Waals surface area contributed by atoms with Crippen molar-refractivity contribution in [1.29, 1.82) is 0 Å². The van der Waals surface area contributed by atoms with Crippen molar-refractivity contribution >= 4 is 39.5 Å². The number of anilines is 1. The summed E-state index contributed by atoms with van der Waals surface area (Å²) >= 11 is 1.37. The summed E-state index contributed by atoms with van der Waals surface area (Å²) in [5.74, 6) is 1.06. The van der Waals surface area contributed by atoms with Crippen LogP contribution in [0.15, 0.2) is 58.8 Å². The number of rotatable bonds is 4. The number of para-hydroxylation sites is 2. The number of imidazole rings is 1. The third-order valence-electron chi connectivity index (χ3n) is 5.18. The molecule has 3 aromatic heterocycles. The van der Waals surface area contributed by atoms with Crippen molar-refractivity contribution in [2.24, 2.45) is 0 Å². The van der Waals surface area contributed by atoms with Crippen LogP contribution in [0.2, 0.25) is 0 Å². The van der Waals surface area contributed by atoms with E-state index in [9.17, 15) is 0 Å². The Hall–Kier alpha value is -3.39. The van der Waals surface area contributed by atoms with Crippen LogP contribution in [0.25, 0.3) is 33.2 Å². The number of hydrogen-bond donors (Lipinski definition) is 3. The van der Waals surface area contributed by atoms with E-state index in [4.69, 9.17) is 10.7 Å². The Morgan fingerprint density at radius 1 is 0.966 bits per heavy atom. The van der Waals surface area contributed by atoms with Crippen LogP contribution in [0.3, 0.4) is 0 Å². The number of nitrogens with zero attached hydrogens (tertiary/aromatic N) is 4. The van der Waals surface area contributed by atoms with Crippen LogP contribution in [-0.4, -0.2) is 30.1 Å². The molecule has 142 valence electrons. The third kappa shape index (κ3) is 2.92. The van der Waals surface area contributed by atoms with E-state index in [0.29, 0.717) is 16.9 Å². The van der Waals surface area contributed by atoms with Gasteiger partial charge >= 0.3 is 0 Å². The highest BCUT2D eigenvalue weighted by Crippen LogP contribution is 2.41. The standard InChI is InChI=1S/C21H17N7S/c22-19-18-12(17-10-16(27-28-17)11-8-9-11)4-3-7-15(18)25-21(26-19)29-20-23-13-5-1-2-6-14(13)24-20/h1-7,10-11H,8-9H2,(H,23,24)(H,27,28)(H2,22,25,26). The molecule has 8 heteroatoms. The van der Waals surface area contributed by atoms with Gasteiger partial charge in [0.1, 0.15) is 5.82 Å². The zero-order valence-corrected chi connectivity index (χ0v) is 16.2. The van der Waals surface area contributed by atoms with E-state index in [0.717, 1.165) is 38.4 Å². The van der Waals surface area contributed by atoms with E-state index in [2.05, 4.69) is 31.2 Å². The van der Waals surface area contributed by atoms with E-state index < -0.39 is 0 Å². The summed E-state index contributed by atoms with van der Waals surface area (Å²) in [6.45, 7) is 0. The van der Waals surface area contributed by atoms with Gasteiger partial charge in [-0.05, 0) is 48.9 Å². The molecule has 2 aromatic carbocycles. The number of nitrogen functional groups attached to an aromatic ring is 1. The van der Waals surface area contributed by atoms with E-state index in [-0.39, 0.29) is 0 Å². The Kier molecular flexibility index (Phi) is 3.60. The van der Waals surface area contributed by atoms with Crippen molar-refractivity contribution in [3.05, 3.63) is 54.2 Å². The molecule has 6 rings (SSSR count). The molecule has 4 N–H and O–H groups in total. The molecule has 1 aliphatic carbocycles. The minimum atomic E-state index is 0.445. The minimum Gasteiger partial charge on any atom is -0.383 e. The summed E-state index contributed by atoms with van der Waals surface area (Å²) in [7, 11) is 0. The molecule has 0 saturated heterocycles. The molecule has 29 heavy (non-hydrogen) atoms. The fraction of sp³-hybridized carbons (Fsp3) is 0.143. The highest BCUT2D eigenvalue weighted by atomic mass is 32.2. The quantitative estimate of drug-likeness (QED) is 0.384. The molecular weight excluding hydrogens is 382 g/mol.